The molecule has 4 rings (SSSR count). The Labute approximate surface area is 262 Å². The summed E-state index contributed by atoms with van der Waals surface area (Å²) in [5, 5.41) is 17.2. The molecule has 0 N–H and O–H groups in total. The van der Waals surface area contributed by atoms with Gasteiger partial charge in [-0.05, 0) is 47.5 Å². The zero-order chi connectivity index (χ0) is 33.0. The lowest BCUT2D eigenvalue weighted by atomic mass is 9.93. The van der Waals surface area contributed by atoms with Gasteiger partial charge in [-0.2, -0.15) is 10.5 Å². The summed E-state index contributed by atoms with van der Waals surface area (Å²) in [5.41, 5.74) is 3.40. The molecule has 45 heavy (non-hydrogen) atoms. The van der Waals surface area contributed by atoms with Gasteiger partial charge in [0, 0.05) is 16.7 Å². The predicted octanol–water partition coefficient (Wildman–Crippen LogP) is 6.19. The van der Waals surface area contributed by atoms with Crippen molar-refractivity contribution in [1.29, 1.82) is 10.5 Å². The first-order valence-corrected chi connectivity index (χ1v) is 13.4. The fourth-order valence-corrected chi connectivity index (χ4v) is 3.76. The summed E-state index contributed by atoms with van der Waals surface area (Å²) >= 11 is 0. The van der Waals surface area contributed by atoms with E-state index in [4.69, 9.17) is 19.5 Å². The van der Waals surface area contributed by atoms with Crippen LogP contribution in [0.1, 0.15) is 33.5 Å². The largest absolute Gasteiger partial charge is 0.497 e. The van der Waals surface area contributed by atoms with E-state index >= 15 is 0 Å². The number of rotatable bonds is 8. The molecule has 228 valence electrons. The highest BCUT2D eigenvalue weighted by Gasteiger charge is 2.19. The number of carbonyl (C=O) groups excluding carboxylic acids is 3. The molecule has 0 atom stereocenters. The zero-order valence-electron chi connectivity index (χ0n) is 25.4. The van der Waals surface area contributed by atoms with E-state index in [1.165, 1.54) is 14.2 Å². The van der Waals surface area contributed by atoms with Gasteiger partial charge < -0.3 is 18.9 Å². The average molecular weight is 605 g/mol. The second-order valence-corrected chi connectivity index (χ2v) is 8.78. The van der Waals surface area contributed by atoms with Crippen LogP contribution < -0.4 is 9.47 Å². The fraction of sp³-hybridized carbons (Fsp3) is 0.139. The van der Waals surface area contributed by atoms with Crippen LogP contribution in [0.5, 0.6) is 11.5 Å². The number of ketones is 1. The molecule has 0 saturated carbocycles. The third-order valence-corrected chi connectivity index (χ3v) is 6.03. The van der Waals surface area contributed by atoms with Crippen molar-refractivity contribution in [3.63, 3.8) is 0 Å². The minimum atomic E-state index is -0.655. The van der Waals surface area contributed by atoms with Crippen molar-refractivity contribution >= 4 is 23.3 Å². The topological polar surface area (TPSA) is 136 Å². The number of ether oxygens (including phenoxy) is 4. The average Bonchev–Trinajstić information content (AvgIpc) is 3.11. The summed E-state index contributed by atoms with van der Waals surface area (Å²) in [4.78, 5) is 33.9. The van der Waals surface area contributed by atoms with E-state index in [1.54, 1.807) is 68.8 Å². The molecule has 0 spiro atoms. The van der Waals surface area contributed by atoms with Crippen molar-refractivity contribution in [2.24, 2.45) is 0 Å². The number of benzene rings is 4. The van der Waals surface area contributed by atoms with Gasteiger partial charge in [0.15, 0.2) is 5.78 Å². The second kappa shape index (κ2) is 19.1. The predicted molar refractivity (Wildman–Crippen MR) is 168 cm³/mol. The van der Waals surface area contributed by atoms with E-state index in [9.17, 15) is 19.6 Å². The Kier molecular flexibility index (Phi) is 14.8. The van der Waals surface area contributed by atoms with Crippen LogP contribution in [0.2, 0.25) is 0 Å². The number of nitrogens with zero attached hydrogens (tertiary/aromatic N) is 2. The Hall–Kier alpha value is -6.19. The van der Waals surface area contributed by atoms with Crippen LogP contribution in [0.15, 0.2) is 115 Å². The summed E-state index contributed by atoms with van der Waals surface area (Å²) in [6.07, 6.45) is -0.156. The lowest BCUT2D eigenvalue weighted by Gasteiger charge is -2.11. The highest BCUT2D eigenvalue weighted by atomic mass is 16.5. The van der Waals surface area contributed by atoms with Crippen LogP contribution in [0.4, 0.5) is 0 Å². The van der Waals surface area contributed by atoms with E-state index in [1.807, 2.05) is 66.7 Å². The molecule has 0 fully saturated rings. The molecule has 0 aliphatic heterocycles. The Morgan fingerprint density at radius 2 is 1.00 bits per heavy atom. The van der Waals surface area contributed by atoms with Gasteiger partial charge in [0.2, 0.25) is 0 Å². The molecule has 0 aliphatic rings. The van der Waals surface area contributed by atoms with Crippen LogP contribution in [-0.2, 0) is 19.1 Å². The summed E-state index contributed by atoms with van der Waals surface area (Å²) in [7, 11) is 5.70. The molecule has 9 nitrogen and oxygen atoms in total. The van der Waals surface area contributed by atoms with Gasteiger partial charge in [-0.15, -0.1) is 0 Å². The summed E-state index contributed by atoms with van der Waals surface area (Å²) in [6, 6.07) is 36.4. The van der Waals surface area contributed by atoms with Crippen molar-refractivity contribution < 1.29 is 33.3 Å². The molecule has 4 aromatic carbocycles. The standard InChI is InChI=1S/C18H15NO3.C14H12O2.C4H5NO2/c1-21-15-10-8-14(9-11-15)17(13-6-4-3-5-7-13)16(12-19)18(20)22-2;1-16-13-9-7-12(8-10-13)14(15)11-5-3-2-4-6-11;1-7-4(6)2-3-5/h3-11H,1-2H3;2-10H,1H3;2H2,1H3/b17-16+;;. The number of hydrogen-bond acceptors (Lipinski definition) is 9. The lowest BCUT2D eigenvalue weighted by Crippen LogP contribution is -2.07. The minimum absolute atomic E-state index is 0.0288. The third kappa shape index (κ3) is 10.9. The maximum atomic E-state index is 12.0. The summed E-state index contributed by atoms with van der Waals surface area (Å²) < 4.78 is 19.0. The number of hydrogen-bond donors (Lipinski definition) is 0. The van der Waals surface area contributed by atoms with Gasteiger partial charge in [0.1, 0.15) is 29.6 Å². The first-order chi connectivity index (χ1) is 21.8. The molecule has 0 aliphatic carbocycles. The third-order valence-electron chi connectivity index (χ3n) is 6.03. The van der Waals surface area contributed by atoms with Gasteiger partial charge in [-0.25, -0.2) is 4.79 Å². The number of methoxy groups -OCH3 is 4. The lowest BCUT2D eigenvalue weighted by molar-refractivity contribution is -0.139. The summed E-state index contributed by atoms with van der Waals surface area (Å²) in [6.45, 7) is 0. The molecule has 9 heteroatoms. The normalized spacial score (nSPS) is 10.0. The second-order valence-electron chi connectivity index (χ2n) is 8.78. The molecule has 0 aromatic heterocycles. The van der Waals surface area contributed by atoms with Crippen molar-refractivity contribution in [3.8, 4) is 23.6 Å². The van der Waals surface area contributed by atoms with E-state index in [-0.39, 0.29) is 17.8 Å². The van der Waals surface area contributed by atoms with Crippen molar-refractivity contribution in [3.05, 3.63) is 137 Å². The Morgan fingerprint density at radius 3 is 1.38 bits per heavy atom. The smallest absolute Gasteiger partial charge is 0.349 e. The Morgan fingerprint density at radius 1 is 0.578 bits per heavy atom. The highest BCUT2D eigenvalue weighted by molar-refractivity contribution is 6.09. The van der Waals surface area contributed by atoms with Gasteiger partial charge in [0.25, 0.3) is 0 Å². The van der Waals surface area contributed by atoms with Crippen molar-refractivity contribution in [1.82, 2.24) is 0 Å². The van der Waals surface area contributed by atoms with Crippen molar-refractivity contribution in [2.45, 2.75) is 6.42 Å². The minimum Gasteiger partial charge on any atom is -0.497 e. The zero-order valence-corrected chi connectivity index (χ0v) is 25.4. The molecule has 0 unspecified atom stereocenters. The number of carbonyl (C=O) groups is 3. The van der Waals surface area contributed by atoms with Crippen LogP contribution in [-0.4, -0.2) is 46.2 Å². The molecule has 0 heterocycles. The molecule has 0 saturated heterocycles. The van der Waals surface area contributed by atoms with Crippen LogP contribution in [0.25, 0.3) is 5.57 Å². The highest BCUT2D eigenvalue weighted by Crippen LogP contribution is 2.29. The SMILES string of the molecule is COC(=O)/C(C#N)=C(\c1ccccc1)c1ccc(OC)cc1.COC(=O)CC#N.COc1ccc(C(=O)c2ccccc2)cc1. The number of esters is 2. The first kappa shape index (κ1) is 35.0. The molecular weight excluding hydrogens is 572 g/mol. The molecule has 0 radical (unpaired) electrons. The van der Waals surface area contributed by atoms with Crippen LogP contribution >= 0.6 is 0 Å². The van der Waals surface area contributed by atoms with E-state index in [2.05, 4.69) is 4.74 Å². The summed E-state index contributed by atoms with van der Waals surface area (Å²) in [5.74, 6) is 0.347. The molecular formula is C36H32N2O7. The van der Waals surface area contributed by atoms with Crippen molar-refractivity contribution in [2.75, 3.05) is 28.4 Å². The first-order valence-electron chi connectivity index (χ1n) is 13.4. The monoisotopic (exact) mass is 604 g/mol. The molecule has 4 aromatic rings. The van der Waals surface area contributed by atoms with Gasteiger partial charge in [-0.1, -0.05) is 72.8 Å². The van der Waals surface area contributed by atoms with E-state index < -0.39 is 11.9 Å². The van der Waals surface area contributed by atoms with Crippen LogP contribution in [0, 0.1) is 22.7 Å². The van der Waals surface area contributed by atoms with Gasteiger partial charge in [-0.3, -0.25) is 9.59 Å². The maximum Gasteiger partial charge on any atom is 0.349 e. The van der Waals surface area contributed by atoms with Crippen LogP contribution in [0.3, 0.4) is 0 Å². The fourth-order valence-electron chi connectivity index (χ4n) is 3.76. The van der Waals surface area contributed by atoms with E-state index in [0.717, 1.165) is 16.9 Å². The maximum absolute atomic E-state index is 12.0. The van der Waals surface area contributed by atoms with Gasteiger partial charge >= 0.3 is 11.9 Å². The Bertz CT molecular complexity index is 1650. The molecule has 0 bridgehead atoms. The number of nitriles is 2. The van der Waals surface area contributed by atoms with Gasteiger partial charge in [0.05, 0.1) is 34.5 Å². The quantitative estimate of drug-likeness (QED) is 0.0997. The van der Waals surface area contributed by atoms with E-state index in [0.29, 0.717) is 22.4 Å². The molecule has 0 amide bonds. The Balaban J connectivity index is 0.000000267.